The first-order valence-corrected chi connectivity index (χ1v) is 20.1. The molecule has 4 N–H and O–H groups in total. The van der Waals surface area contributed by atoms with Crippen molar-refractivity contribution in [2.45, 2.75) is 150 Å². The van der Waals surface area contributed by atoms with Gasteiger partial charge in [-0.3, -0.25) is 33.7 Å². The van der Waals surface area contributed by atoms with Gasteiger partial charge in [0.15, 0.2) is 0 Å². The van der Waals surface area contributed by atoms with Crippen LogP contribution in [0.5, 0.6) is 0 Å². The number of rotatable bonds is 15. The third-order valence-electron chi connectivity index (χ3n) is 12.2. The summed E-state index contributed by atoms with van der Waals surface area (Å²) in [4.78, 5) is 98.2. The normalized spacial score (nSPS) is 24.3. The molecule has 2 unspecified atom stereocenters. The minimum Gasteiger partial charge on any atom is -0.346 e. The standard InChI is InChI=1S/C41H66N6O7/c1-10-19-42-36(52)33(50)28(21-26-14-15-26)43-35(51)32-27(25(2)3)16-20-46(32)37(53)34(41(9)17-12-11-13-18-41)45-38(54)44-29(39(4,5)6)24-47-30(48)22-40(7,8)23-31(47)49/h10,25-29,32,34H,1,11-24H2,2-9H3,(H,42,52)(H,43,51)(H2,44,45,54)/t27?,28?,29-,32+,34-/m1/s1. The third kappa shape index (κ3) is 10.7. The molecular formula is C41H66N6O7. The van der Waals surface area contributed by atoms with E-state index in [1.807, 2.05) is 55.4 Å². The summed E-state index contributed by atoms with van der Waals surface area (Å²) in [6.07, 6.45) is 8.91. The maximum Gasteiger partial charge on any atom is 0.315 e. The molecular weight excluding hydrogens is 688 g/mol. The van der Waals surface area contributed by atoms with Gasteiger partial charge in [-0.25, -0.2) is 4.79 Å². The molecule has 0 spiro atoms. The van der Waals surface area contributed by atoms with E-state index in [2.05, 4.69) is 27.8 Å². The van der Waals surface area contributed by atoms with Crippen LogP contribution in [0.3, 0.4) is 0 Å². The quantitative estimate of drug-likeness (QED) is 0.110. The number of nitrogens with one attached hydrogen (secondary N) is 4. The van der Waals surface area contributed by atoms with E-state index in [1.165, 1.54) is 11.0 Å². The summed E-state index contributed by atoms with van der Waals surface area (Å²) in [5.41, 5.74) is -1.57. The van der Waals surface area contributed by atoms with Crippen LogP contribution in [0.1, 0.15) is 126 Å². The molecule has 0 aromatic carbocycles. The minimum absolute atomic E-state index is 0.0113. The van der Waals surface area contributed by atoms with E-state index in [9.17, 15) is 33.6 Å². The molecule has 4 fully saturated rings. The number of piperidine rings is 1. The summed E-state index contributed by atoms with van der Waals surface area (Å²) in [5, 5.41) is 11.5. The van der Waals surface area contributed by atoms with Gasteiger partial charge in [0.25, 0.3) is 5.91 Å². The van der Waals surface area contributed by atoms with Crippen LogP contribution in [0.15, 0.2) is 12.7 Å². The van der Waals surface area contributed by atoms with E-state index in [0.29, 0.717) is 32.2 Å². The maximum atomic E-state index is 14.9. The Kier molecular flexibility index (Phi) is 13.8. The van der Waals surface area contributed by atoms with Crippen molar-refractivity contribution in [1.29, 1.82) is 0 Å². The molecule has 13 nitrogen and oxygen atoms in total. The van der Waals surface area contributed by atoms with Gasteiger partial charge >= 0.3 is 6.03 Å². The van der Waals surface area contributed by atoms with E-state index in [0.717, 1.165) is 32.1 Å². The van der Waals surface area contributed by atoms with Crippen molar-refractivity contribution in [3.05, 3.63) is 12.7 Å². The van der Waals surface area contributed by atoms with Gasteiger partial charge in [0.05, 0.1) is 12.1 Å². The number of nitrogens with zero attached hydrogens (tertiary/aromatic N) is 2. The number of Topliss-reactive ketones (excluding diaryl/α,β-unsaturated/α-hetero) is 1. The first kappa shape index (κ1) is 43.0. The van der Waals surface area contributed by atoms with Crippen LogP contribution in [-0.2, 0) is 28.8 Å². The van der Waals surface area contributed by atoms with Gasteiger partial charge in [0.2, 0.25) is 29.4 Å². The van der Waals surface area contributed by atoms with Crippen molar-refractivity contribution in [2.24, 2.45) is 34.0 Å². The molecule has 2 heterocycles. The van der Waals surface area contributed by atoms with Crippen LogP contribution in [-0.4, -0.2) is 95.0 Å². The molecule has 302 valence electrons. The average molecular weight is 755 g/mol. The Hall–Kier alpha value is -3.77. The van der Waals surface area contributed by atoms with Crippen molar-refractivity contribution < 1.29 is 33.6 Å². The molecule has 54 heavy (non-hydrogen) atoms. The number of carbonyl (C=O) groups excluding carboxylic acids is 7. The number of amides is 7. The third-order valence-corrected chi connectivity index (χ3v) is 12.2. The lowest BCUT2D eigenvalue weighted by Crippen LogP contribution is -2.64. The fourth-order valence-electron chi connectivity index (χ4n) is 8.50. The largest absolute Gasteiger partial charge is 0.346 e. The number of hydrogen-bond acceptors (Lipinski definition) is 7. The van der Waals surface area contributed by atoms with Gasteiger partial charge < -0.3 is 26.2 Å². The van der Waals surface area contributed by atoms with Gasteiger partial charge in [0.1, 0.15) is 12.1 Å². The molecule has 7 amide bonds. The summed E-state index contributed by atoms with van der Waals surface area (Å²) in [6, 6.07) is -4.08. The van der Waals surface area contributed by atoms with Crippen LogP contribution >= 0.6 is 0 Å². The zero-order valence-electron chi connectivity index (χ0n) is 34.0. The fourth-order valence-corrected chi connectivity index (χ4v) is 8.50. The van der Waals surface area contributed by atoms with Crippen molar-refractivity contribution in [1.82, 2.24) is 31.1 Å². The van der Waals surface area contributed by atoms with Crippen LogP contribution in [0.2, 0.25) is 0 Å². The Balaban J connectivity index is 1.59. The Labute approximate surface area is 321 Å². The van der Waals surface area contributed by atoms with Crippen LogP contribution in [0.25, 0.3) is 0 Å². The van der Waals surface area contributed by atoms with Gasteiger partial charge in [-0.05, 0) is 59.7 Å². The molecule has 13 heteroatoms. The minimum atomic E-state index is -1.02. The van der Waals surface area contributed by atoms with Crippen molar-refractivity contribution >= 4 is 41.4 Å². The lowest BCUT2D eigenvalue weighted by molar-refractivity contribution is -0.153. The maximum absolute atomic E-state index is 14.9. The first-order chi connectivity index (χ1) is 25.2. The van der Waals surface area contributed by atoms with E-state index < -0.39 is 64.0 Å². The summed E-state index contributed by atoms with van der Waals surface area (Å²) in [7, 11) is 0. The van der Waals surface area contributed by atoms with Crippen LogP contribution in [0.4, 0.5) is 4.79 Å². The van der Waals surface area contributed by atoms with Gasteiger partial charge in [-0.1, -0.05) is 93.6 Å². The molecule has 0 aromatic heterocycles. The summed E-state index contributed by atoms with van der Waals surface area (Å²) in [6.45, 7) is 19.6. The SMILES string of the molecule is C=CCNC(=O)C(=O)C(CC1CC1)NC(=O)[C@@H]1C(C(C)C)CCN1C(=O)[C@@H](NC(=O)N[C@H](CN1C(=O)CC(C)(C)CC1=O)C(C)(C)C)C1(C)CCCCC1. The molecule has 4 rings (SSSR count). The van der Waals surface area contributed by atoms with Crippen molar-refractivity contribution in [2.75, 3.05) is 19.6 Å². The van der Waals surface area contributed by atoms with E-state index in [-0.39, 0.29) is 61.4 Å². The predicted octanol–water partition coefficient (Wildman–Crippen LogP) is 4.24. The second-order valence-corrected chi connectivity index (χ2v) is 18.9. The second kappa shape index (κ2) is 17.4. The molecule has 2 saturated carbocycles. The number of ketones is 1. The molecule has 5 atom stereocenters. The first-order valence-electron chi connectivity index (χ1n) is 20.1. The highest BCUT2D eigenvalue weighted by atomic mass is 16.2. The molecule has 0 aromatic rings. The lowest BCUT2D eigenvalue weighted by atomic mass is 9.70. The monoisotopic (exact) mass is 754 g/mol. The number of hydrogen-bond donors (Lipinski definition) is 4. The Bertz CT molecular complexity index is 1440. The number of imide groups is 1. The summed E-state index contributed by atoms with van der Waals surface area (Å²) in [5.74, 6) is -2.81. The Morgan fingerprint density at radius 3 is 2.06 bits per heavy atom. The van der Waals surface area contributed by atoms with Crippen LogP contribution < -0.4 is 21.3 Å². The lowest BCUT2D eigenvalue weighted by Gasteiger charge is -2.43. The topological polar surface area (TPSA) is 174 Å². The molecule has 4 aliphatic rings. The molecule has 2 aliphatic heterocycles. The average Bonchev–Trinajstić information content (AvgIpc) is 3.78. The van der Waals surface area contributed by atoms with Gasteiger partial charge in [-0.15, -0.1) is 6.58 Å². The number of likely N-dealkylation sites (tertiary alicyclic amines) is 2. The highest BCUT2D eigenvalue weighted by Crippen LogP contribution is 2.42. The number of carbonyl (C=O) groups is 7. The second-order valence-electron chi connectivity index (χ2n) is 18.9. The molecule has 2 aliphatic carbocycles. The Morgan fingerprint density at radius 1 is 0.907 bits per heavy atom. The van der Waals surface area contributed by atoms with Gasteiger partial charge in [-0.2, -0.15) is 0 Å². The zero-order valence-corrected chi connectivity index (χ0v) is 34.0. The van der Waals surface area contributed by atoms with E-state index in [1.54, 1.807) is 4.90 Å². The van der Waals surface area contributed by atoms with Crippen molar-refractivity contribution in [3.63, 3.8) is 0 Å². The molecule has 0 radical (unpaired) electrons. The molecule has 2 saturated heterocycles. The van der Waals surface area contributed by atoms with Gasteiger partial charge in [0, 0.05) is 32.5 Å². The molecule has 0 bridgehead atoms. The van der Waals surface area contributed by atoms with E-state index in [4.69, 9.17) is 0 Å². The predicted molar refractivity (Wildman–Crippen MR) is 206 cm³/mol. The summed E-state index contributed by atoms with van der Waals surface area (Å²) < 4.78 is 0. The highest BCUT2D eigenvalue weighted by molar-refractivity contribution is 6.38. The van der Waals surface area contributed by atoms with E-state index >= 15 is 0 Å². The smallest absolute Gasteiger partial charge is 0.315 e. The number of urea groups is 1. The zero-order chi connectivity index (χ0) is 40.2. The van der Waals surface area contributed by atoms with Crippen molar-refractivity contribution in [3.8, 4) is 0 Å². The fraction of sp³-hybridized carbons (Fsp3) is 0.780. The Morgan fingerprint density at radius 2 is 1.52 bits per heavy atom. The summed E-state index contributed by atoms with van der Waals surface area (Å²) >= 11 is 0. The highest BCUT2D eigenvalue weighted by Gasteiger charge is 2.50. The van der Waals surface area contributed by atoms with Crippen LogP contribution in [0, 0.1) is 34.0 Å².